The first kappa shape index (κ1) is 23.5. The molecule has 32 heavy (non-hydrogen) atoms. The molecular formula is C27H38O5. The van der Waals surface area contributed by atoms with Crippen molar-refractivity contribution in [1.82, 2.24) is 0 Å². The third kappa shape index (κ3) is 3.82. The zero-order chi connectivity index (χ0) is 23.5. The Kier molecular flexibility index (Phi) is 5.84. The number of ether oxygens (including phenoxy) is 1. The molecule has 4 rings (SSSR count). The van der Waals surface area contributed by atoms with Crippen molar-refractivity contribution < 1.29 is 24.9 Å². The van der Waals surface area contributed by atoms with Crippen LogP contribution in [0.1, 0.15) is 70.4 Å². The fourth-order valence-corrected chi connectivity index (χ4v) is 7.31. The Hall–Kier alpha value is -1.69. The summed E-state index contributed by atoms with van der Waals surface area (Å²) in [6, 6.07) is 6.20. The average Bonchev–Trinajstić information content (AvgIpc) is 3.07. The first-order valence-corrected chi connectivity index (χ1v) is 11.9. The molecule has 0 aromatic heterocycles. The first-order valence-electron chi connectivity index (χ1n) is 11.9. The van der Waals surface area contributed by atoms with E-state index in [9.17, 15) is 20.1 Å². The maximum absolute atomic E-state index is 13.0. The summed E-state index contributed by atoms with van der Waals surface area (Å²) in [6.07, 6.45) is 6.52. The van der Waals surface area contributed by atoms with E-state index < -0.39 is 17.3 Å². The molecule has 0 heterocycles. The van der Waals surface area contributed by atoms with Gasteiger partial charge in [0.1, 0.15) is 11.4 Å². The van der Waals surface area contributed by atoms with Crippen molar-refractivity contribution >= 4 is 5.78 Å². The number of ketones is 1. The minimum Gasteiger partial charge on any atom is -0.497 e. The lowest BCUT2D eigenvalue weighted by Crippen LogP contribution is -2.54. The molecule has 1 aromatic rings. The van der Waals surface area contributed by atoms with E-state index >= 15 is 0 Å². The summed E-state index contributed by atoms with van der Waals surface area (Å²) in [4.78, 5) is 13.0. The molecule has 3 N–H and O–H groups in total. The smallest absolute Gasteiger partial charge is 0.186 e. The van der Waals surface area contributed by atoms with E-state index in [1.165, 1.54) is 23.3 Å². The highest BCUT2D eigenvalue weighted by molar-refractivity contribution is 5.97. The van der Waals surface area contributed by atoms with Gasteiger partial charge in [-0.05, 0) is 99.5 Å². The van der Waals surface area contributed by atoms with Gasteiger partial charge in [-0.1, -0.05) is 19.1 Å². The van der Waals surface area contributed by atoms with Gasteiger partial charge in [-0.2, -0.15) is 0 Å². The zero-order valence-corrected chi connectivity index (χ0v) is 20.0. The maximum atomic E-state index is 13.0. The number of aryl methyl sites for hydroxylation is 1. The van der Waals surface area contributed by atoms with Crippen molar-refractivity contribution in [2.45, 2.75) is 83.0 Å². The molecule has 5 heteroatoms. The largest absolute Gasteiger partial charge is 0.497 e. The van der Waals surface area contributed by atoms with Crippen LogP contribution in [0.2, 0.25) is 0 Å². The number of rotatable bonds is 5. The third-order valence-corrected chi connectivity index (χ3v) is 8.73. The molecule has 5 nitrogen and oxygen atoms in total. The molecule has 0 radical (unpaired) electrons. The molecule has 1 unspecified atom stereocenters. The standard InChI is InChI=1S/C27H38O5/c1-25(2,30)13-12-23(29)27(4,31)22-11-10-20-19-8-6-16-14-17(32-5)7-9-18(16)24(19)21(28)15-26(20,22)3/h7,9,12-14,19-22,24,28,30-31H,6,8,10-11,15H2,1-5H3/b13-12+/t19-,20-,21+,22?,24+,26-,27+/m0/s1. The number of carbonyl (C=O) groups is 1. The van der Waals surface area contributed by atoms with Gasteiger partial charge in [0.15, 0.2) is 5.78 Å². The fourth-order valence-electron chi connectivity index (χ4n) is 7.31. The SMILES string of the molecule is COc1ccc2c(c1)CC[C@@H]1[C@@H]2[C@H](O)C[C@]2(C)C([C@@](C)(O)C(=O)/C=C/C(C)(C)O)CC[C@@H]12. The van der Waals surface area contributed by atoms with Crippen molar-refractivity contribution in [1.29, 1.82) is 0 Å². The van der Waals surface area contributed by atoms with E-state index in [1.54, 1.807) is 27.9 Å². The van der Waals surface area contributed by atoms with Gasteiger partial charge in [0, 0.05) is 11.8 Å². The van der Waals surface area contributed by atoms with Gasteiger partial charge >= 0.3 is 0 Å². The number of carbonyl (C=O) groups excluding carboxylic acids is 1. The molecule has 0 bridgehead atoms. The molecule has 176 valence electrons. The van der Waals surface area contributed by atoms with Crippen LogP contribution in [-0.4, -0.2) is 45.5 Å². The van der Waals surface area contributed by atoms with Gasteiger partial charge in [-0.15, -0.1) is 0 Å². The van der Waals surface area contributed by atoms with Crippen molar-refractivity contribution in [3.05, 3.63) is 41.5 Å². The summed E-state index contributed by atoms with van der Waals surface area (Å²) in [7, 11) is 1.68. The monoisotopic (exact) mass is 442 g/mol. The Morgan fingerprint density at radius 2 is 1.91 bits per heavy atom. The van der Waals surface area contributed by atoms with Crippen LogP contribution >= 0.6 is 0 Å². The molecule has 0 aliphatic heterocycles. The summed E-state index contributed by atoms with van der Waals surface area (Å²) in [5, 5.41) is 32.7. The Morgan fingerprint density at radius 3 is 2.56 bits per heavy atom. The average molecular weight is 443 g/mol. The first-order chi connectivity index (χ1) is 14.9. The Labute approximate surface area is 191 Å². The molecule has 0 amide bonds. The van der Waals surface area contributed by atoms with E-state index in [0.29, 0.717) is 18.3 Å². The topological polar surface area (TPSA) is 87.0 Å². The van der Waals surface area contributed by atoms with E-state index in [2.05, 4.69) is 19.1 Å². The van der Waals surface area contributed by atoms with E-state index in [-0.39, 0.29) is 23.0 Å². The number of hydrogen-bond donors (Lipinski definition) is 3. The minimum atomic E-state index is -1.53. The van der Waals surface area contributed by atoms with Crippen molar-refractivity contribution in [3.63, 3.8) is 0 Å². The highest BCUT2D eigenvalue weighted by Crippen LogP contribution is 2.65. The second-order valence-corrected chi connectivity index (χ2v) is 11.3. The number of hydrogen-bond acceptors (Lipinski definition) is 5. The van der Waals surface area contributed by atoms with Crippen molar-refractivity contribution in [3.8, 4) is 5.75 Å². The number of fused-ring (bicyclic) bond motifs is 5. The highest BCUT2D eigenvalue weighted by Gasteiger charge is 2.62. The van der Waals surface area contributed by atoms with Crippen LogP contribution in [0.4, 0.5) is 0 Å². The van der Waals surface area contributed by atoms with Crippen LogP contribution < -0.4 is 4.74 Å². The molecule has 3 aliphatic carbocycles. The van der Waals surface area contributed by atoms with Crippen LogP contribution in [0.25, 0.3) is 0 Å². The zero-order valence-electron chi connectivity index (χ0n) is 20.0. The minimum absolute atomic E-state index is 0.0946. The van der Waals surface area contributed by atoms with Crippen LogP contribution in [0.15, 0.2) is 30.4 Å². The lowest BCUT2D eigenvalue weighted by Gasteiger charge is -2.54. The lowest BCUT2D eigenvalue weighted by atomic mass is 9.51. The molecule has 2 saturated carbocycles. The number of methoxy groups -OCH3 is 1. The number of benzene rings is 1. The molecule has 2 fully saturated rings. The molecule has 3 aliphatic rings. The van der Waals surface area contributed by atoms with Gasteiger partial charge < -0.3 is 20.1 Å². The normalized spacial score (nSPS) is 36.2. The maximum Gasteiger partial charge on any atom is 0.186 e. The van der Waals surface area contributed by atoms with Crippen LogP contribution in [-0.2, 0) is 11.2 Å². The summed E-state index contributed by atoms with van der Waals surface area (Å²) in [5.41, 5.74) is -0.456. The highest BCUT2D eigenvalue weighted by atomic mass is 16.5. The summed E-state index contributed by atoms with van der Waals surface area (Å²) in [6.45, 7) is 6.99. The second-order valence-electron chi connectivity index (χ2n) is 11.3. The van der Waals surface area contributed by atoms with Crippen molar-refractivity contribution in [2.24, 2.45) is 23.2 Å². The van der Waals surface area contributed by atoms with Gasteiger partial charge in [0.25, 0.3) is 0 Å². The molecule has 1 aromatic carbocycles. The van der Waals surface area contributed by atoms with E-state index in [4.69, 9.17) is 4.74 Å². The fraction of sp³-hybridized carbons (Fsp3) is 0.667. The summed E-state index contributed by atoms with van der Waals surface area (Å²) >= 11 is 0. The van der Waals surface area contributed by atoms with Crippen LogP contribution in [0.3, 0.4) is 0 Å². The van der Waals surface area contributed by atoms with Crippen LogP contribution in [0, 0.1) is 23.2 Å². The quantitative estimate of drug-likeness (QED) is 0.604. The Balaban J connectivity index is 1.63. The van der Waals surface area contributed by atoms with Gasteiger partial charge in [0.2, 0.25) is 0 Å². The number of aliphatic hydroxyl groups is 3. The lowest BCUT2D eigenvalue weighted by molar-refractivity contribution is -0.148. The summed E-state index contributed by atoms with van der Waals surface area (Å²) in [5.74, 6) is 1.04. The van der Waals surface area contributed by atoms with Gasteiger partial charge in [-0.3, -0.25) is 4.79 Å². The third-order valence-electron chi connectivity index (χ3n) is 8.73. The molecule has 0 spiro atoms. The molecular weight excluding hydrogens is 404 g/mol. The predicted octanol–water partition coefficient (Wildman–Crippen LogP) is 3.79. The van der Waals surface area contributed by atoms with E-state index in [1.807, 2.05) is 6.07 Å². The predicted molar refractivity (Wildman–Crippen MR) is 124 cm³/mol. The molecule has 7 atom stereocenters. The second kappa shape index (κ2) is 7.96. The van der Waals surface area contributed by atoms with Gasteiger partial charge in [0.05, 0.1) is 18.8 Å². The Bertz CT molecular complexity index is 911. The van der Waals surface area contributed by atoms with Gasteiger partial charge in [-0.25, -0.2) is 0 Å². The number of aliphatic hydroxyl groups excluding tert-OH is 1. The Morgan fingerprint density at radius 1 is 1.19 bits per heavy atom. The summed E-state index contributed by atoms with van der Waals surface area (Å²) < 4.78 is 5.40. The van der Waals surface area contributed by atoms with Crippen LogP contribution in [0.5, 0.6) is 5.75 Å². The molecule has 0 saturated heterocycles. The van der Waals surface area contributed by atoms with E-state index in [0.717, 1.165) is 31.4 Å². The van der Waals surface area contributed by atoms with Crippen molar-refractivity contribution in [2.75, 3.05) is 7.11 Å².